The van der Waals surface area contributed by atoms with Crippen LogP contribution >= 0.6 is 0 Å². The molecule has 0 spiro atoms. The van der Waals surface area contributed by atoms with Crippen LogP contribution in [0.25, 0.3) is 11.2 Å². The van der Waals surface area contributed by atoms with Crippen LogP contribution in [0.5, 0.6) is 0 Å². The Kier molecular flexibility index (Phi) is 6.07. The summed E-state index contributed by atoms with van der Waals surface area (Å²) in [4.78, 5) is 10.8. The molecule has 0 bridgehead atoms. The lowest BCUT2D eigenvalue weighted by Gasteiger charge is -2.24. The topological polar surface area (TPSA) is 79.3 Å². The van der Waals surface area contributed by atoms with E-state index in [9.17, 15) is 18.3 Å². The number of anilines is 3. The fraction of sp³-hybridized carbons (Fsp3) is 0.522. The van der Waals surface area contributed by atoms with Gasteiger partial charge >= 0.3 is 5.95 Å². The molecule has 1 aliphatic carbocycles. The first-order valence-electron chi connectivity index (χ1n) is 11.5. The molecule has 11 heteroatoms. The maximum Gasteiger partial charge on any atom is 0.393 e. The average molecular weight is 478 g/mol. The van der Waals surface area contributed by atoms with E-state index in [1.165, 1.54) is 11.9 Å². The Balaban J connectivity index is 1.59. The predicted octanol–water partition coefficient (Wildman–Crippen LogP) is 3.12. The molecule has 8 nitrogen and oxygen atoms in total. The van der Waals surface area contributed by atoms with Crippen LogP contribution in [0.1, 0.15) is 38.1 Å². The maximum atomic E-state index is 14.6. The van der Waals surface area contributed by atoms with Gasteiger partial charge in [-0.15, -0.1) is 0 Å². The number of hydrogen-bond acceptors (Lipinski definition) is 6. The molecule has 1 saturated carbocycles. The second kappa shape index (κ2) is 9.03. The van der Waals surface area contributed by atoms with E-state index in [4.69, 9.17) is 9.72 Å². The van der Waals surface area contributed by atoms with Crippen LogP contribution in [-0.4, -0.2) is 52.0 Å². The number of nitrogens with one attached hydrogen (secondary N) is 1. The number of aliphatic hydroxyl groups excluding tert-OH is 1. The highest BCUT2D eigenvalue weighted by molar-refractivity contribution is 5.76. The van der Waals surface area contributed by atoms with Gasteiger partial charge in [0.15, 0.2) is 17.2 Å². The molecule has 2 aromatic heterocycles. The lowest BCUT2D eigenvalue weighted by Crippen LogP contribution is -2.38. The summed E-state index contributed by atoms with van der Waals surface area (Å²) in [6, 6.07) is 1.38. The molecule has 2 N–H and O–H groups in total. The number of imidazole rings is 1. The van der Waals surface area contributed by atoms with Gasteiger partial charge in [0.1, 0.15) is 11.5 Å². The van der Waals surface area contributed by atoms with Crippen molar-refractivity contribution >= 4 is 28.7 Å². The van der Waals surface area contributed by atoms with E-state index < -0.39 is 17.5 Å². The van der Waals surface area contributed by atoms with Crippen molar-refractivity contribution in [2.75, 3.05) is 30.5 Å². The second-order valence-corrected chi connectivity index (χ2v) is 9.11. The third kappa shape index (κ3) is 4.18. The van der Waals surface area contributed by atoms with E-state index in [-0.39, 0.29) is 23.9 Å². The quantitative estimate of drug-likeness (QED) is 0.550. The van der Waals surface area contributed by atoms with Crippen LogP contribution in [0, 0.1) is 17.5 Å². The van der Waals surface area contributed by atoms with Gasteiger partial charge in [-0.2, -0.15) is 0 Å². The second-order valence-electron chi connectivity index (χ2n) is 9.11. The van der Waals surface area contributed by atoms with Crippen LogP contribution in [0.3, 0.4) is 0 Å². The minimum atomic E-state index is -1.01. The summed E-state index contributed by atoms with van der Waals surface area (Å²) in [5.41, 5.74) is 0.737. The minimum absolute atomic E-state index is 0.119. The van der Waals surface area contributed by atoms with Crippen LogP contribution in [-0.2, 0) is 11.8 Å². The normalized spacial score (nSPS) is 22.9. The lowest BCUT2D eigenvalue weighted by molar-refractivity contribution is -0.658. The van der Waals surface area contributed by atoms with Crippen molar-refractivity contribution in [3.05, 3.63) is 35.8 Å². The summed E-state index contributed by atoms with van der Waals surface area (Å²) in [6.07, 6.45) is 5.43. The maximum absolute atomic E-state index is 14.6. The largest absolute Gasteiger partial charge is 0.393 e. The molecule has 1 saturated heterocycles. The first kappa shape index (κ1) is 22.9. The Morgan fingerprint density at radius 1 is 1.12 bits per heavy atom. The number of nitrogens with zero attached hydrogens (tertiary/aromatic N) is 5. The van der Waals surface area contributed by atoms with E-state index in [0.717, 1.165) is 25.7 Å². The van der Waals surface area contributed by atoms with Gasteiger partial charge in [-0.05, 0) is 32.1 Å². The molecule has 182 valence electrons. The third-order valence-corrected chi connectivity index (χ3v) is 6.67. The number of ether oxygens (including phenoxy) is 1. The molecule has 3 aromatic rings. The Morgan fingerprint density at radius 2 is 1.82 bits per heavy atom. The third-order valence-electron chi connectivity index (χ3n) is 6.67. The standard InChI is InChI=1S/C23H27F3N6O2/c1-30-11-19-21(29-22(30)27-14-3-5-16(33)6-4-14)32(15-7-8-34-12-15)23(28-19)31(2)20-17(25)9-13(24)10-18(20)26/h9-11,14-16,33H,3-8,12H2,1-2H3/p+1. The number of hydrogen-bond donors (Lipinski definition) is 2. The molecule has 3 heterocycles. The molecule has 0 amide bonds. The Labute approximate surface area is 195 Å². The van der Waals surface area contributed by atoms with Gasteiger partial charge in [0.25, 0.3) is 0 Å². The number of aliphatic hydroxyl groups is 1. The molecule has 1 atom stereocenters. The summed E-state index contributed by atoms with van der Waals surface area (Å²) in [5.74, 6) is -2.07. The molecule has 1 unspecified atom stereocenters. The first-order chi connectivity index (χ1) is 16.3. The fourth-order valence-electron chi connectivity index (χ4n) is 4.84. The summed E-state index contributed by atoms with van der Waals surface area (Å²) >= 11 is 0. The number of fused-ring (bicyclic) bond motifs is 1. The number of halogens is 3. The minimum Gasteiger partial charge on any atom is -0.393 e. The van der Waals surface area contributed by atoms with Gasteiger partial charge in [-0.1, -0.05) is 4.98 Å². The van der Waals surface area contributed by atoms with Gasteiger partial charge < -0.3 is 14.7 Å². The smallest absolute Gasteiger partial charge is 0.393 e. The van der Waals surface area contributed by atoms with Crippen molar-refractivity contribution in [1.82, 2.24) is 14.5 Å². The molecule has 0 radical (unpaired) electrons. The van der Waals surface area contributed by atoms with E-state index in [1.54, 1.807) is 0 Å². The molecule has 34 heavy (non-hydrogen) atoms. The molecule has 2 fully saturated rings. The molecule has 1 aliphatic heterocycles. The summed E-state index contributed by atoms with van der Waals surface area (Å²) < 4.78 is 52.0. The van der Waals surface area contributed by atoms with Gasteiger partial charge in [0.2, 0.25) is 11.6 Å². The Hall–Kier alpha value is -2.92. The highest BCUT2D eigenvalue weighted by Crippen LogP contribution is 2.35. The van der Waals surface area contributed by atoms with Crippen molar-refractivity contribution in [2.24, 2.45) is 7.05 Å². The van der Waals surface area contributed by atoms with Crippen molar-refractivity contribution in [1.29, 1.82) is 0 Å². The number of benzene rings is 1. The Morgan fingerprint density at radius 3 is 2.47 bits per heavy atom. The van der Waals surface area contributed by atoms with Crippen molar-refractivity contribution in [3.63, 3.8) is 0 Å². The monoisotopic (exact) mass is 477 g/mol. The average Bonchev–Trinajstić information content (AvgIpc) is 3.42. The number of aromatic nitrogens is 4. The summed E-state index contributed by atoms with van der Waals surface area (Å²) in [5, 5.41) is 13.3. The molecular formula is C23H28F3N6O2+. The van der Waals surface area contributed by atoms with Crippen LogP contribution in [0.15, 0.2) is 18.3 Å². The van der Waals surface area contributed by atoms with E-state index in [1.807, 2.05) is 22.4 Å². The SMILES string of the molecule is CN(c1c(F)cc(F)cc1F)c1nc2c[n+](C)c(NC3CCC(O)CC3)nc2n1C1CCOC1. The van der Waals surface area contributed by atoms with Crippen molar-refractivity contribution in [3.8, 4) is 0 Å². The molecular weight excluding hydrogens is 449 g/mol. The zero-order valence-corrected chi connectivity index (χ0v) is 19.1. The molecule has 5 rings (SSSR count). The first-order valence-corrected chi connectivity index (χ1v) is 11.5. The zero-order valence-electron chi connectivity index (χ0n) is 19.1. The highest BCUT2D eigenvalue weighted by atomic mass is 19.1. The van der Waals surface area contributed by atoms with E-state index >= 15 is 0 Å². The van der Waals surface area contributed by atoms with Crippen LogP contribution < -0.4 is 14.8 Å². The number of rotatable bonds is 5. The van der Waals surface area contributed by atoms with Gasteiger partial charge in [-0.3, -0.25) is 9.88 Å². The van der Waals surface area contributed by atoms with Crippen molar-refractivity contribution in [2.45, 2.75) is 50.3 Å². The molecule has 2 aliphatic rings. The fourth-order valence-corrected chi connectivity index (χ4v) is 4.84. The van der Waals surface area contributed by atoms with Crippen LogP contribution in [0.2, 0.25) is 0 Å². The zero-order chi connectivity index (χ0) is 24.0. The number of aryl methyl sites for hydroxylation is 1. The van der Waals surface area contributed by atoms with E-state index in [0.29, 0.717) is 54.8 Å². The summed E-state index contributed by atoms with van der Waals surface area (Å²) in [7, 11) is 3.35. The van der Waals surface area contributed by atoms with Crippen molar-refractivity contribution < 1.29 is 27.6 Å². The highest BCUT2D eigenvalue weighted by Gasteiger charge is 2.32. The lowest BCUT2D eigenvalue weighted by atomic mass is 9.93. The predicted molar refractivity (Wildman–Crippen MR) is 119 cm³/mol. The molecule has 1 aromatic carbocycles. The van der Waals surface area contributed by atoms with Gasteiger partial charge in [0.05, 0.1) is 38.0 Å². The Bertz CT molecular complexity index is 1180. The summed E-state index contributed by atoms with van der Waals surface area (Å²) in [6.45, 7) is 0.982. The van der Waals surface area contributed by atoms with Gasteiger partial charge in [0, 0.05) is 25.8 Å². The van der Waals surface area contributed by atoms with Crippen LogP contribution in [0.4, 0.5) is 30.8 Å². The van der Waals surface area contributed by atoms with E-state index in [2.05, 4.69) is 10.3 Å². The van der Waals surface area contributed by atoms with Gasteiger partial charge in [-0.25, -0.2) is 22.7 Å².